The van der Waals surface area contributed by atoms with E-state index in [0.29, 0.717) is 12.6 Å². The van der Waals surface area contributed by atoms with Gasteiger partial charge in [-0.25, -0.2) is 0 Å². The quantitative estimate of drug-likeness (QED) is 0.915. The number of likely N-dealkylation sites (tertiary alicyclic amines) is 1. The van der Waals surface area contributed by atoms with Crippen LogP contribution in [0.3, 0.4) is 0 Å². The average molecular weight is 320 g/mol. The van der Waals surface area contributed by atoms with Gasteiger partial charge in [-0.05, 0) is 39.2 Å². The minimum Gasteiger partial charge on any atom is -0.381 e. The number of hydrogen-bond donors (Lipinski definition) is 1. The molecule has 0 aliphatic carbocycles. The Morgan fingerprint density at radius 1 is 1.43 bits per heavy atom. The molecule has 2 aliphatic heterocycles. The number of hydrogen-bond acceptors (Lipinski definition) is 4. The lowest BCUT2D eigenvalue weighted by Gasteiger charge is -2.40. The van der Waals surface area contributed by atoms with Gasteiger partial charge in [0.1, 0.15) is 0 Å². The van der Waals surface area contributed by atoms with Crippen LogP contribution in [0.25, 0.3) is 0 Å². The van der Waals surface area contributed by atoms with Gasteiger partial charge in [-0.3, -0.25) is 14.8 Å². The summed E-state index contributed by atoms with van der Waals surface area (Å²) in [5.41, 5.74) is 2.13. The van der Waals surface area contributed by atoms with Crippen molar-refractivity contribution in [1.82, 2.24) is 20.0 Å². The maximum absolute atomic E-state index is 12.8. The maximum Gasteiger partial charge on any atom is 0.227 e. The number of amides is 1. The van der Waals surface area contributed by atoms with Gasteiger partial charge in [-0.1, -0.05) is 0 Å². The summed E-state index contributed by atoms with van der Waals surface area (Å²) in [6.45, 7) is 6.37. The van der Waals surface area contributed by atoms with Gasteiger partial charge in [0.2, 0.25) is 5.91 Å². The second kappa shape index (κ2) is 7.45. The minimum absolute atomic E-state index is 0.129. The third-order valence-corrected chi connectivity index (χ3v) is 5.23. The summed E-state index contributed by atoms with van der Waals surface area (Å²) < 4.78 is 5.46. The lowest BCUT2D eigenvalue weighted by molar-refractivity contribution is -0.137. The number of aryl methyl sites for hydroxylation is 1. The number of carbonyl (C=O) groups excluding carboxylic acids is 1. The zero-order chi connectivity index (χ0) is 16.2. The molecular weight excluding hydrogens is 292 g/mol. The highest BCUT2D eigenvalue weighted by Gasteiger charge is 2.32. The summed E-state index contributed by atoms with van der Waals surface area (Å²) in [6, 6.07) is 0.598. The van der Waals surface area contributed by atoms with Crippen molar-refractivity contribution in [2.75, 3.05) is 33.4 Å². The second-order valence-corrected chi connectivity index (χ2v) is 6.89. The van der Waals surface area contributed by atoms with Crippen molar-refractivity contribution in [2.45, 2.75) is 45.2 Å². The summed E-state index contributed by atoms with van der Waals surface area (Å²) in [4.78, 5) is 17.2. The number of piperidine rings is 1. The fourth-order valence-corrected chi connectivity index (χ4v) is 3.77. The molecule has 1 unspecified atom stereocenters. The Hall–Kier alpha value is -1.40. The summed E-state index contributed by atoms with van der Waals surface area (Å²) in [7, 11) is 1.90. The summed E-state index contributed by atoms with van der Waals surface area (Å²) >= 11 is 0. The van der Waals surface area contributed by atoms with Crippen LogP contribution in [0.5, 0.6) is 0 Å². The Morgan fingerprint density at radius 3 is 2.91 bits per heavy atom. The fourth-order valence-electron chi connectivity index (χ4n) is 3.77. The molecule has 1 atom stereocenters. The zero-order valence-corrected chi connectivity index (χ0v) is 14.3. The smallest absolute Gasteiger partial charge is 0.227 e. The second-order valence-electron chi connectivity index (χ2n) is 6.89. The van der Waals surface area contributed by atoms with E-state index in [2.05, 4.69) is 15.1 Å². The monoisotopic (exact) mass is 320 g/mol. The van der Waals surface area contributed by atoms with Gasteiger partial charge in [0, 0.05) is 50.7 Å². The van der Waals surface area contributed by atoms with Gasteiger partial charge in [-0.2, -0.15) is 5.10 Å². The number of aromatic nitrogens is 2. The van der Waals surface area contributed by atoms with Crippen LogP contribution in [0.1, 0.15) is 36.9 Å². The van der Waals surface area contributed by atoms with Crippen LogP contribution in [0.4, 0.5) is 0 Å². The molecule has 0 aromatic carbocycles. The first-order chi connectivity index (χ1) is 11.1. The molecule has 1 amide bonds. The molecule has 23 heavy (non-hydrogen) atoms. The van der Waals surface area contributed by atoms with E-state index in [9.17, 15) is 4.79 Å². The SMILES string of the molecule is Cc1[nH]ncc1CN(C)C(=O)C1CCCN(C2CCOCC2)C1. The van der Waals surface area contributed by atoms with Gasteiger partial charge in [0.05, 0.1) is 12.1 Å². The van der Waals surface area contributed by atoms with Crippen LogP contribution in [0, 0.1) is 12.8 Å². The topological polar surface area (TPSA) is 61.5 Å². The summed E-state index contributed by atoms with van der Waals surface area (Å²) in [5.74, 6) is 0.395. The predicted molar refractivity (Wildman–Crippen MR) is 87.9 cm³/mol. The largest absolute Gasteiger partial charge is 0.381 e. The highest BCUT2D eigenvalue weighted by atomic mass is 16.5. The normalized spacial score (nSPS) is 23.8. The van der Waals surface area contributed by atoms with E-state index < -0.39 is 0 Å². The van der Waals surface area contributed by atoms with E-state index >= 15 is 0 Å². The molecule has 3 rings (SSSR count). The molecule has 0 radical (unpaired) electrons. The molecule has 6 nitrogen and oxygen atoms in total. The van der Waals surface area contributed by atoms with Crippen molar-refractivity contribution < 1.29 is 9.53 Å². The molecule has 6 heteroatoms. The summed E-state index contributed by atoms with van der Waals surface area (Å²) in [6.07, 6.45) is 6.14. The molecule has 128 valence electrons. The Balaban J connectivity index is 1.56. The average Bonchev–Trinajstić information content (AvgIpc) is 3.00. The van der Waals surface area contributed by atoms with Crippen molar-refractivity contribution in [2.24, 2.45) is 5.92 Å². The van der Waals surface area contributed by atoms with Gasteiger partial charge in [-0.15, -0.1) is 0 Å². The molecule has 0 bridgehead atoms. The van der Waals surface area contributed by atoms with Gasteiger partial charge >= 0.3 is 0 Å². The lowest BCUT2D eigenvalue weighted by atomic mass is 9.93. The number of carbonyl (C=O) groups is 1. The number of aromatic amines is 1. The van der Waals surface area contributed by atoms with Crippen LogP contribution >= 0.6 is 0 Å². The first-order valence-corrected chi connectivity index (χ1v) is 8.70. The molecule has 1 N–H and O–H groups in total. The van der Waals surface area contributed by atoms with Crippen molar-refractivity contribution in [1.29, 1.82) is 0 Å². The van der Waals surface area contributed by atoms with Crippen molar-refractivity contribution in [3.63, 3.8) is 0 Å². The number of nitrogens with zero attached hydrogens (tertiary/aromatic N) is 3. The third kappa shape index (κ3) is 3.93. The molecule has 0 saturated carbocycles. The van der Waals surface area contributed by atoms with Crippen LogP contribution in [-0.4, -0.2) is 65.3 Å². The van der Waals surface area contributed by atoms with Gasteiger partial charge in [0.15, 0.2) is 0 Å². The molecular formula is C17H28N4O2. The number of nitrogens with one attached hydrogen (secondary N) is 1. The van der Waals surface area contributed by atoms with Crippen LogP contribution < -0.4 is 0 Å². The van der Waals surface area contributed by atoms with E-state index in [1.165, 1.54) is 0 Å². The first kappa shape index (κ1) is 16.5. The van der Waals surface area contributed by atoms with E-state index in [1.54, 1.807) is 0 Å². The number of rotatable bonds is 4. The molecule has 0 spiro atoms. The number of ether oxygens (including phenoxy) is 1. The fraction of sp³-hybridized carbons (Fsp3) is 0.765. The molecule has 2 saturated heterocycles. The molecule has 1 aromatic heterocycles. The molecule has 3 heterocycles. The Labute approximate surface area is 138 Å². The predicted octanol–water partition coefficient (Wildman–Crippen LogP) is 1.57. The Bertz CT molecular complexity index is 524. The van der Waals surface area contributed by atoms with Crippen LogP contribution in [0.15, 0.2) is 6.20 Å². The lowest BCUT2D eigenvalue weighted by Crippen LogP contribution is -2.48. The van der Waals surface area contributed by atoms with E-state index in [1.807, 2.05) is 25.1 Å². The van der Waals surface area contributed by atoms with E-state index in [4.69, 9.17) is 4.74 Å². The third-order valence-electron chi connectivity index (χ3n) is 5.23. The Kier molecular flexibility index (Phi) is 5.33. The van der Waals surface area contributed by atoms with Gasteiger partial charge < -0.3 is 9.64 Å². The molecule has 2 aliphatic rings. The highest BCUT2D eigenvalue weighted by molar-refractivity contribution is 5.79. The van der Waals surface area contributed by atoms with Crippen molar-refractivity contribution in [3.05, 3.63) is 17.5 Å². The molecule has 2 fully saturated rings. The van der Waals surface area contributed by atoms with Crippen LogP contribution in [0.2, 0.25) is 0 Å². The minimum atomic E-state index is 0.129. The van der Waals surface area contributed by atoms with Crippen molar-refractivity contribution >= 4 is 5.91 Å². The summed E-state index contributed by atoms with van der Waals surface area (Å²) in [5, 5.41) is 6.97. The number of H-pyrrole nitrogens is 1. The van der Waals surface area contributed by atoms with Crippen molar-refractivity contribution in [3.8, 4) is 0 Å². The molecule has 1 aromatic rings. The standard InChI is InChI=1S/C17H28N4O2/c1-13-15(10-18-19-13)11-20(2)17(22)14-4-3-7-21(12-14)16-5-8-23-9-6-16/h10,14,16H,3-9,11-12H2,1-2H3,(H,18,19). The van der Waals surface area contributed by atoms with Gasteiger partial charge in [0.25, 0.3) is 0 Å². The first-order valence-electron chi connectivity index (χ1n) is 8.70. The highest BCUT2D eigenvalue weighted by Crippen LogP contribution is 2.24. The maximum atomic E-state index is 12.8. The van der Waals surface area contributed by atoms with E-state index in [0.717, 1.165) is 63.2 Å². The van der Waals surface area contributed by atoms with Crippen LogP contribution in [-0.2, 0) is 16.1 Å². The van der Waals surface area contributed by atoms with E-state index in [-0.39, 0.29) is 11.8 Å². The Morgan fingerprint density at radius 2 is 2.22 bits per heavy atom. The zero-order valence-electron chi connectivity index (χ0n) is 14.3.